The van der Waals surface area contributed by atoms with Crippen LogP contribution in [0.5, 0.6) is 0 Å². The Labute approximate surface area is 133 Å². The molecule has 1 aliphatic rings. The summed E-state index contributed by atoms with van der Waals surface area (Å²) in [6.07, 6.45) is 6.36. The maximum absolute atomic E-state index is 6.44. The summed E-state index contributed by atoms with van der Waals surface area (Å²) >= 11 is 12.6. The number of hydrogen-bond donors (Lipinski definition) is 1. The van der Waals surface area contributed by atoms with Gasteiger partial charge >= 0.3 is 0 Å². The maximum Gasteiger partial charge on any atom is 0.0640 e. The van der Waals surface area contributed by atoms with Crippen molar-refractivity contribution in [3.63, 3.8) is 0 Å². The van der Waals surface area contributed by atoms with E-state index >= 15 is 0 Å². The van der Waals surface area contributed by atoms with Crippen LogP contribution in [0.25, 0.3) is 0 Å². The average Bonchev–Trinajstić information content (AvgIpc) is 2.45. The molecule has 1 saturated carbocycles. The van der Waals surface area contributed by atoms with Gasteiger partial charge in [-0.1, -0.05) is 62.0 Å². The third-order valence-electron chi connectivity index (χ3n) is 4.46. The van der Waals surface area contributed by atoms with E-state index in [9.17, 15) is 0 Å². The van der Waals surface area contributed by atoms with E-state index in [1.165, 1.54) is 31.2 Å². The molecule has 1 N–H and O–H groups in total. The lowest BCUT2D eigenvalue weighted by atomic mass is 9.77. The quantitative estimate of drug-likeness (QED) is 0.717. The maximum atomic E-state index is 6.44. The van der Waals surface area contributed by atoms with E-state index < -0.39 is 0 Å². The van der Waals surface area contributed by atoms with Crippen LogP contribution in [0.1, 0.15) is 57.6 Å². The van der Waals surface area contributed by atoms with Crippen LogP contribution in [0.15, 0.2) is 18.2 Å². The Morgan fingerprint density at radius 3 is 2.55 bits per heavy atom. The summed E-state index contributed by atoms with van der Waals surface area (Å²) in [7, 11) is 0. The molecule has 1 atom stereocenters. The van der Waals surface area contributed by atoms with Gasteiger partial charge in [-0.25, -0.2) is 0 Å². The molecule has 0 aromatic heterocycles. The van der Waals surface area contributed by atoms with Gasteiger partial charge in [-0.2, -0.15) is 0 Å². The van der Waals surface area contributed by atoms with Crippen molar-refractivity contribution in [3.8, 4) is 0 Å². The summed E-state index contributed by atoms with van der Waals surface area (Å²) in [5.74, 6) is 1.54. The first-order chi connectivity index (χ1) is 9.63. The highest BCUT2D eigenvalue weighted by molar-refractivity contribution is 6.42. The van der Waals surface area contributed by atoms with Crippen molar-refractivity contribution in [2.45, 2.75) is 52.0 Å². The van der Waals surface area contributed by atoms with Gasteiger partial charge in [-0.05, 0) is 49.3 Å². The van der Waals surface area contributed by atoms with Crippen LogP contribution in [0.3, 0.4) is 0 Å². The molecule has 1 aromatic carbocycles. The molecule has 0 saturated heterocycles. The van der Waals surface area contributed by atoms with Gasteiger partial charge in [0.05, 0.1) is 10.0 Å². The highest BCUT2D eigenvalue weighted by Gasteiger charge is 2.28. The smallest absolute Gasteiger partial charge is 0.0640 e. The second-order valence-corrected chi connectivity index (χ2v) is 6.88. The Balaban J connectivity index is 2.20. The fourth-order valence-corrected chi connectivity index (χ4v) is 3.64. The van der Waals surface area contributed by atoms with Crippen molar-refractivity contribution < 1.29 is 0 Å². The molecule has 0 radical (unpaired) electrons. The summed E-state index contributed by atoms with van der Waals surface area (Å²) < 4.78 is 0. The van der Waals surface area contributed by atoms with Gasteiger partial charge in [0.1, 0.15) is 0 Å². The van der Waals surface area contributed by atoms with Crippen LogP contribution in [0, 0.1) is 11.8 Å². The Kier molecular flexibility index (Phi) is 6.20. The molecule has 112 valence electrons. The van der Waals surface area contributed by atoms with E-state index in [0.717, 1.165) is 23.9 Å². The molecule has 1 aliphatic carbocycles. The van der Waals surface area contributed by atoms with Crippen LogP contribution in [-0.2, 0) is 0 Å². The molecule has 3 heteroatoms. The third kappa shape index (κ3) is 3.90. The summed E-state index contributed by atoms with van der Waals surface area (Å²) in [5.41, 5.74) is 1.17. The van der Waals surface area contributed by atoms with Crippen molar-refractivity contribution in [2.75, 3.05) is 6.54 Å². The fourth-order valence-electron chi connectivity index (χ4n) is 3.21. The van der Waals surface area contributed by atoms with Crippen molar-refractivity contribution in [2.24, 2.45) is 11.8 Å². The third-order valence-corrected chi connectivity index (χ3v) is 5.30. The molecular weight excluding hydrogens is 289 g/mol. The van der Waals surface area contributed by atoms with E-state index in [4.69, 9.17) is 23.2 Å². The lowest BCUT2D eigenvalue weighted by Gasteiger charge is -2.34. The van der Waals surface area contributed by atoms with Crippen LogP contribution in [-0.4, -0.2) is 6.54 Å². The first kappa shape index (κ1) is 16.1. The van der Waals surface area contributed by atoms with E-state index in [1.54, 1.807) is 0 Å². The van der Waals surface area contributed by atoms with E-state index in [2.05, 4.69) is 25.2 Å². The number of rotatable bonds is 5. The lowest BCUT2D eigenvalue weighted by molar-refractivity contribution is 0.231. The number of benzene rings is 1. The lowest BCUT2D eigenvalue weighted by Crippen LogP contribution is -2.31. The minimum Gasteiger partial charge on any atom is -0.310 e. The summed E-state index contributed by atoms with van der Waals surface area (Å²) in [4.78, 5) is 0. The highest BCUT2D eigenvalue weighted by atomic mass is 35.5. The van der Waals surface area contributed by atoms with Gasteiger partial charge in [0.15, 0.2) is 0 Å². The van der Waals surface area contributed by atoms with Crippen molar-refractivity contribution in [1.29, 1.82) is 0 Å². The second kappa shape index (κ2) is 7.68. The van der Waals surface area contributed by atoms with Gasteiger partial charge in [-0.3, -0.25) is 0 Å². The predicted molar refractivity (Wildman–Crippen MR) is 88.6 cm³/mol. The minimum atomic E-state index is 0.341. The molecule has 2 rings (SSSR count). The SMILES string of the molecule is CCCNC(c1cccc(Cl)c1Cl)C1CCC(C)CC1. The Morgan fingerprint density at radius 2 is 1.90 bits per heavy atom. The highest BCUT2D eigenvalue weighted by Crippen LogP contribution is 2.40. The molecule has 1 fully saturated rings. The first-order valence-corrected chi connectivity index (χ1v) is 8.56. The van der Waals surface area contributed by atoms with Crippen LogP contribution in [0.2, 0.25) is 10.0 Å². The largest absolute Gasteiger partial charge is 0.310 e. The summed E-state index contributed by atoms with van der Waals surface area (Å²) in [6, 6.07) is 6.34. The molecule has 0 bridgehead atoms. The standard InChI is InChI=1S/C17H25Cl2N/c1-3-11-20-17(13-9-7-12(2)8-10-13)14-5-4-6-15(18)16(14)19/h4-6,12-13,17,20H,3,7-11H2,1-2H3. The number of halogens is 2. The van der Waals surface area contributed by atoms with Crippen LogP contribution >= 0.6 is 23.2 Å². The van der Waals surface area contributed by atoms with Gasteiger partial charge in [0.25, 0.3) is 0 Å². The molecule has 1 nitrogen and oxygen atoms in total. The van der Waals surface area contributed by atoms with Crippen LogP contribution < -0.4 is 5.32 Å². The average molecular weight is 314 g/mol. The fraction of sp³-hybridized carbons (Fsp3) is 0.647. The number of nitrogens with one attached hydrogen (secondary N) is 1. The van der Waals surface area contributed by atoms with E-state index in [-0.39, 0.29) is 0 Å². The Bertz CT molecular complexity index is 425. The topological polar surface area (TPSA) is 12.0 Å². The predicted octanol–water partition coefficient (Wildman–Crippen LogP) is 5.86. The minimum absolute atomic E-state index is 0.341. The molecule has 20 heavy (non-hydrogen) atoms. The van der Waals surface area contributed by atoms with E-state index in [0.29, 0.717) is 17.0 Å². The molecule has 1 aromatic rings. The van der Waals surface area contributed by atoms with Gasteiger partial charge < -0.3 is 5.32 Å². The molecule has 0 spiro atoms. The van der Waals surface area contributed by atoms with Gasteiger partial charge in [0, 0.05) is 6.04 Å². The Morgan fingerprint density at radius 1 is 1.20 bits per heavy atom. The van der Waals surface area contributed by atoms with Crippen molar-refractivity contribution in [3.05, 3.63) is 33.8 Å². The zero-order valence-corrected chi connectivity index (χ0v) is 14.0. The zero-order chi connectivity index (χ0) is 14.5. The van der Waals surface area contributed by atoms with Gasteiger partial charge in [-0.15, -0.1) is 0 Å². The van der Waals surface area contributed by atoms with E-state index in [1.807, 2.05) is 12.1 Å². The van der Waals surface area contributed by atoms with Crippen molar-refractivity contribution >= 4 is 23.2 Å². The van der Waals surface area contributed by atoms with Crippen molar-refractivity contribution in [1.82, 2.24) is 5.32 Å². The monoisotopic (exact) mass is 313 g/mol. The Hall–Kier alpha value is -0.240. The molecule has 1 unspecified atom stereocenters. The molecule has 0 heterocycles. The second-order valence-electron chi connectivity index (χ2n) is 6.09. The zero-order valence-electron chi connectivity index (χ0n) is 12.5. The summed E-state index contributed by atoms with van der Waals surface area (Å²) in [5, 5.41) is 5.08. The van der Waals surface area contributed by atoms with Gasteiger partial charge in [0.2, 0.25) is 0 Å². The van der Waals surface area contributed by atoms with Crippen LogP contribution in [0.4, 0.5) is 0 Å². The first-order valence-electron chi connectivity index (χ1n) is 7.80. The molecule has 0 amide bonds. The number of hydrogen-bond acceptors (Lipinski definition) is 1. The normalized spacial score (nSPS) is 24.6. The molecular formula is C17H25Cl2N. The molecule has 0 aliphatic heterocycles. The summed E-state index contributed by atoms with van der Waals surface area (Å²) in [6.45, 7) is 5.59.